The van der Waals surface area contributed by atoms with Gasteiger partial charge in [-0.25, -0.2) is 4.98 Å². The molecule has 6 nitrogen and oxygen atoms in total. The van der Waals surface area contributed by atoms with Crippen molar-refractivity contribution in [2.75, 3.05) is 24.7 Å². The number of carbonyl (C=O) groups excluding carboxylic acids is 1. The highest BCUT2D eigenvalue weighted by Gasteiger charge is 2.35. The third-order valence-electron chi connectivity index (χ3n) is 6.54. The van der Waals surface area contributed by atoms with Gasteiger partial charge in [-0.2, -0.15) is 0 Å². The van der Waals surface area contributed by atoms with Gasteiger partial charge in [0.05, 0.1) is 24.2 Å². The van der Waals surface area contributed by atoms with Crippen LogP contribution >= 0.6 is 0 Å². The number of imidazole rings is 1. The number of hydrogen-bond acceptors (Lipinski definition) is 4. The number of nitrogens with zero attached hydrogens (tertiary/aromatic N) is 3. The maximum absolute atomic E-state index is 13.1. The largest absolute Gasteiger partial charge is 0.490 e. The molecule has 1 amide bonds. The number of ether oxygens (including phenoxy) is 2. The van der Waals surface area contributed by atoms with Gasteiger partial charge in [-0.05, 0) is 56.7 Å². The molecule has 35 heavy (non-hydrogen) atoms. The quantitative estimate of drug-likeness (QED) is 0.335. The molecule has 0 N–H and O–H groups in total. The highest BCUT2D eigenvalue weighted by atomic mass is 16.5. The van der Waals surface area contributed by atoms with Gasteiger partial charge in [-0.15, -0.1) is 0 Å². The lowest BCUT2D eigenvalue weighted by molar-refractivity contribution is -0.117. The maximum atomic E-state index is 13.1. The van der Waals surface area contributed by atoms with E-state index in [0.717, 1.165) is 39.6 Å². The van der Waals surface area contributed by atoms with Gasteiger partial charge < -0.3 is 18.9 Å². The highest BCUT2D eigenvalue weighted by molar-refractivity contribution is 5.97. The summed E-state index contributed by atoms with van der Waals surface area (Å²) in [5.74, 6) is 2.58. The number of amides is 1. The van der Waals surface area contributed by atoms with Crippen LogP contribution in [0.2, 0.25) is 0 Å². The fraction of sp³-hybridized carbons (Fsp3) is 0.310. The second kappa shape index (κ2) is 9.82. The molecule has 0 aliphatic carbocycles. The van der Waals surface area contributed by atoms with Crippen LogP contribution < -0.4 is 14.4 Å². The van der Waals surface area contributed by atoms with Gasteiger partial charge >= 0.3 is 0 Å². The van der Waals surface area contributed by atoms with E-state index < -0.39 is 0 Å². The van der Waals surface area contributed by atoms with Crippen molar-refractivity contribution >= 4 is 22.6 Å². The molecule has 4 aromatic rings. The Kier molecular flexibility index (Phi) is 6.45. The number of anilines is 1. The van der Waals surface area contributed by atoms with Crippen LogP contribution in [0.4, 0.5) is 5.69 Å². The third kappa shape index (κ3) is 4.61. The van der Waals surface area contributed by atoms with Gasteiger partial charge in [0, 0.05) is 24.6 Å². The van der Waals surface area contributed by atoms with Crippen molar-refractivity contribution in [3.05, 3.63) is 83.7 Å². The summed E-state index contributed by atoms with van der Waals surface area (Å²) in [4.78, 5) is 20.0. The maximum Gasteiger partial charge on any atom is 0.227 e. The smallest absolute Gasteiger partial charge is 0.227 e. The SMILES string of the molecule is CCOc1ccccc1OCCn1c(C2CC(=O)N(c3ccc(C)cc3C)C2)nc2ccccc21. The average Bonchev–Trinajstić information content (AvgIpc) is 3.41. The Morgan fingerprint density at radius 2 is 1.71 bits per heavy atom. The molecule has 1 aromatic heterocycles. The van der Waals surface area contributed by atoms with E-state index in [-0.39, 0.29) is 11.8 Å². The fourth-order valence-corrected chi connectivity index (χ4v) is 4.95. The van der Waals surface area contributed by atoms with Crippen LogP contribution in [0, 0.1) is 13.8 Å². The van der Waals surface area contributed by atoms with Crippen molar-refractivity contribution in [1.82, 2.24) is 9.55 Å². The normalized spacial score (nSPS) is 15.7. The predicted octanol–water partition coefficient (Wildman–Crippen LogP) is 5.65. The Labute approximate surface area is 206 Å². The van der Waals surface area contributed by atoms with Crippen molar-refractivity contribution in [1.29, 1.82) is 0 Å². The first-order valence-electron chi connectivity index (χ1n) is 12.2. The number of hydrogen-bond donors (Lipinski definition) is 0. The topological polar surface area (TPSA) is 56.6 Å². The lowest BCUT2D eigenvalue weighted by Gasteiger charge is -2.20. The second-order valence-electron chi connectivity index (χ2n) is 9.03. The van der Waals surface area contributed by atoms with Crippen LogP contribution in [-0.2, 0) is 11.3 Å². The molecule has 180 valence electrons. The molecule has 0 spiro atoms. The average molecular weight is 470 g/mol. The molecule has 5 rings (SSSR count). The Morgan fingerprint density at radius 1 is 0.971 bits per heavy atom. The highest BCUT2D eigenvalue weighted by Crippen LogP contribution is 2.35. The summed E-state index contributed by atoms with van der Waals surface area (Å²) in [5.41, 5.74) is 5.30. The standard InChI is InChI=1S/C29H31N3O3/c1-4-34-26-11-7-8-12-27(26)35-16-15-31-25-10-6-5-9-23(25)30-29(31)22-18-28(33)32(19-22)24-14-13-20(2)17-21(24)3/h5-14,17,22H,4,15-16,18-19H2,1-3H3. The molecular formula is C29H31N3O3. The first-order chi connectivity index (χ1) is 17.0. The van der Waals surface area contributed by atoms with Gasteiger partial charge in [0.25, 0.3) is 0 Å². The second-order valence-corrected chi connectivity index (χ2v) is 9.03. The van der Waals surface area contributed by atoms with Crippen LogP contribution in [0.1, 0.15) is 36.2 Å². The monoisotopic (exact) mass is 469 g/mol. The predicted molar refractivity (Wildman–Crippen MR) is 138 cm³/mol. The summed E-state index contributed by atoms with van der Waals surface area (Å²) in [6.45, 7) is 8.41. The molecule has 1 fully saturated rings. The minimum atomic E-state index is 0.0197. The van der Waals surface area contributed by atoms with Crippen molar-refractivity contribution in [3.8, 4) is 11.5 Å². The number of para-hydroxylation sites is 4. The van der Waals surface area contributed by atoms with Crippen LogP contribution in [0.3, 0.4) is 0 Å². The van der Waals surface area contributed by atoms with Gasteiger partial charge in [-0.3, -0.25) is 4.79 Å². The van der Waals surface area contributed by atoms with Gasteiger partial charge in [-0.1, -0.05) is 42.0 Å². The van der Waals surface area contributed by atoms with Crippen LogP contribution in [0.15, 0.2) is 66.7 Å². The number of benzene rings is 3. The van der Waals surface area contributed by atoms with Gasteiger partial charge in [0.1, 0.15) is 12.4 Å². The summed E-state index contributed by atoms with van der Waals surface area (Å²) in [5, 5.41) is 0. The van der Waals surface area contributed by atoms with E-state index in [1.165, 1.54) is 5.56 Å². The Bertz CT molecular complexity index is 1360. The van der Waals surface area contributed by atoms with Crippen molar-refractivity contribution in [2.45, 2.75) is 39.7 Å². The lowest BCUT2D eigenvalue weighted by atomic mass is 10.1. The van der Waals surface area contributed by atoms with E-state index in [2.05, 4.69) is 42.7 Å². The zero-order valence-electron chi connectivity index (χ0n) is 20.5. The number of carbonyl (C=O) groups is 1. The first kappa shape index (κ1) is 23.0. The molecule has 1 saturated heterocycles. The summed E-state index contributed by atoms with van der Waals surface area (Å²) < 4.78 is 14.0. The Morgan fingerprint density at radius 3 is 2.49 bits per heavy atom. The van der Waals surface area contributed by atoms with Crippen molar-refractivity contribution < 1.29 is 14.3 Å². The molecule has 1 aliphatic heterocycles. The van der Waals surface area contributed by atoms with Crippen LogP contribution in [0.25, 0.3) is 11.0 Å². The summed E-state index contributed by atoms with van der Waals surface area (Å²) >= 11 is 0. The summed E-state index contributed by atoms with van der Waals surface area (Å²) in [6, 6.07) is 22.1. The van der Waals surface area contributed by atoms with E-state index in [9.17, 15) is 4.79 Å². The van der Waals surface area contributed by atoms with Gasteiger partial charge in [0.2, 0.25) is 5.91 Å². The van der Waals surface area contributed by atoms with Crippen LogP contribution in [-0.4, -0.2) is 35.2 Å². The molecule has 6 heteroatoms. The number of aryl methyl sites for hydroxylation is 2. The Hall–Kier alpha value is -3.80. The molecule has 1 atom stereocenters. The fourth-order valence-electron chi connectivity index (χ4n) is 4.95. The van der Waals surface area contributed by atoms with E-state index in [4.69, 9.17) is 14.5 Å². The van der Waals surface area contributed by atoms with E-state index >= 15 is 0 Å². The summed E-state index contributed by atoms with van der Waals surface area (Å²) in [7, 11) is 0. The summed E-state index contributed by atoms with van der Waals surface area (Å²) in [6.07, 6.45) is 0.449. The number of aromatic nitrogens is 2. The molecule has 2 heterocycles. The minimum absolute atomic E-state index is 0.0197. The van der Waals surface area contributed by atoms with Crippen LogP contribution in [0.5, 0.6) is 11.5 Å². The van der Waals surface area contributed by atoms with E-state index in [1.54, 1.807) is 0 Å². The third-order valence-corrected chi connectivity index (χ3v) is 6.54. The minimum Gasteiger partial charge on any atom is -0.490 e. The molecular weight excluding hydrogens is 438 g/mol. The molecule has 3 aromatic carbocycles. The zero-order chi connectivity index (χ0) is 24.4. The molecule has 0 bridgehead atoms. The molecule has 0 radical (unpaired) electrons. The van der Waals surface area contributed by atoms with E-state index in [1.807, 2.05) is 54.3 Å². The number of fused-ring (bicyclic) bond motifs is 1. The lowest BCUT2D eigenvalue weighted by Crippen LogP contribution is -2.25. The zero-order valence-corrected chi connectivity index (χ0v) is 20.5. The molecule has 1 aliphatic rings. The van der Waals surface area contributed by atoms with Gasteiger partial charge in [0.15, 0.2) is 11.5 Å². The molecule has 0 saturated carbocycles. The molecule has 1 unspecified atom stereocenters. The van der Waals surface area contributed by atoms with E-state index in [0.29, 0.717) is 32.7 Å². The Balaban J connectivity index is 1.40. The van der Waals surface area contributed by atoms with Crippen molar-refractivity contribution in [3.63, 3.8) is 0 Å². The first-order valence-corrected chi connectivity index (χ1v) is 12.2. The number of rotatable bonds is 8. The van der Waals surface area contributed by atoms with Crippen molar-refractivity contribution in [2.24, 2.45) is 0 Å².